The molecule has 0 saturated carbocycles. The van der Waals surface area contributed by atoms with Gasteiger partial charge in [0.05, 0.1) is 5.69 Å². The molecule has 54 heavy (non-hydrogen) atoms. The predicted molar refractivity (Wildman–Crippen MR) is 229 cm³/mol. The summed E-state index contributed by atoms with van der Waals surface area (Å²) in [6, 6.07) is 63.0. The summed E-state index contributed by atoms with van der Waals surface area (Å²) in [5, 5.41) is 11.8. The van der Waals surface area contributed by atoms with Crippen LogP contribution in [0.3, 0.4) is 0 Å². The lowest BCUT2D eigenvalue weighted by Gasteiger charge is -2.26. The maximum atomic E-state index is 6.64. The Balaban J connectivity index is 1.06. The lowest BCUT2D eigenvalue weighted by atomic mass is 10.0. The lowest BCUT2D eigenvalue weighted by Crippen LogP contribution is -2.10. The summed E-state index contributed by atoms with van der Waals surface area (Å²) >= 11 is 1.83. The Morgan fingerprint density at radius 3 is 1.98 bits per heavy atom. The average molecular weight is 708 g/mol. The van der Waals surface area contributed by atoms with Crippen LogP contribution in [0.25, 0.3) is 96.7 Å². The number of fused-ring (bicyclic) bond motifs is 13. The molecule has 0 atom stereocenters. The summed E-state index contributed by atoms with van der Waals surface area (Å²) in [4.78, 5) is 2.34. The summed E-state index contributed by atoms with van der Waals surface area (Å²) in [6.07, 6.45) is 0. The summed E-state index contributed by atoms with van der Waals surface area (Å²) in [5.74, 6) is 0. The van der Waals surface area contributed by atoms with E-state index >= 15 is 0 Å². The highest BCUT2D eigenvalue weighted by atomic mass is 32.1. The van der Waals surface area contributed by atoms with E-state index in [-0.39, 0.29) is 0 Å². The molecule has 0 unspecified atom stereocenters. The molecule has 4 heteroatoms. The van der Waals surface area contributed by atoms with Crippen molar-refractivity contribution in [3.63, 3.8) is 0 Å². The molecule has 3 heterocycles. The molecule has 3 aromatic heterocycles. The first-order valence-corrected chi connectivity index (χ1v) is 19.1. The smallest absolute Gasteiger partial charge is 0.159 e. The summed E-state index contributed by atoms with van der Waals surface area (Å²) in [7, 11) is 0. The Bertz CT molecular complexity index is 3460. The van der Waals surface area contributed by atoms with Crippen LogP contribution in [-0.2, 0) is 0 Å². The van der Waals surface area contributed by atoms with Crippen LogP contribution in [0, 0.1) is 0 Å². The summed E-state index contributed by atoms with van der Waals surface area (Å²) < 4.78 is 15.7. The quantitative estimate of drug-likeness (QED) is 0.182. The number of hydrogen-bond acceptors (Lipinski definition) is 4. The van der Waals surface area contributed by atoms with E-state index in [1.54, 1.807) is 0 Å². The van der Waals surface area contributed by atoms with Crippen molar-refractivity contribution in [2.75, 3.05) is 4.90 Å². The lowest BCUT2D eigenvalue weighted by molar-refractivity contribution is 0.669. The van der Waals surface area contributed by atoms with Crippen LogP contribution in [0.5, 0.6) is 0 Å². The third kappa shape index (κ3) is 4.35. The Morgan fingerprint density at radius 1 is 0.370 bits per heavy atom. The van der Waals surface area contributed by atoms with Crippen LogP contribution >= 0.6 is 11.3 Å². The van der Waals surface area contributed by atoms with Gasteiger partial charge in [-0.3, -0.25) is 0 Å². The Kier molecular flexibility index (Phi) is 6.21. The van der Waals surface area contributed by atoms with Gasteiger partial charge >= 0.3 is 0 Å². The minimum atomic E-state index is 0.868. The van der Waals surface area contributed by atoms with E-state index in [0.717, 1.165) is 60.9 Å². The van der Waals surface area contributed by atoms with Crippen molar-refractivity contribution in [2.45, 2.75) is 0 Å². The number of anilines is 3. The van der Waals surface area contributed by atoms with Gasteiger partial charge in [-0.2, -0.15) is 0 Å². The highest BCUT2D eigenvalue weighted by molar-refractivity contribution is 7.26. The fourth-order valence-corrected chi connectivity index (χ4v) is 9.64. The fourth-order valence-electron chi connectivity index (χ4n) is 8.50. The van der Waals surface area contributed by atoms with Gasteiger partial charge < -0.3 is 13.7 Å². The first-order chi connectivity index (χ1) is 26.7. The fraction of sp³-hybridized carbons (Fsp3) is 0. The number of nitrogens with zero attached hydrogens (tertiary/aromatic N) is 1. The van der Waals surface area contributed by atoms with Crippen LogP contribution in [-0.4, -0.2) is 0 Å². The molecule has 0 aliphatic heterocycles. The highest BCUT2D eigenvalue weighted by Gasteiger charge is 2.22. The molecule has 0 radical (unpaired) electrons. The predicted octanol–water partition coefficient (Wildman–Crippen LogP) is 15.3. The Morgan fingerprint density at radius 2 is 1.07 bits per heavy atom. The number of benzene rings is 9. The molecule has 0 aliphatic carbocycles. The van der Waals surface area contributed by atoms with E-state index < -0.39 is 0 Å². The van der Waals surface area contributed by atoms with Gasteiger partial charge in [-0.15, -0.1) is 11.3 Å². The molecule has 252 valence electrons. The molecule has 0 saturated heterocycles. The average Bonchev–Trinajstić information content (AvgIpc) is 3.92. The van der Waals surface area contributed by atoms with Gasteiger partial charge in [-0.05, 0) is 87.9 Å². The van der Waals surface area contributed by atoms with Crippen LogP contribution in [0.4, 0.5) is 17.1 Å². The number of hydrogen-bond donors (Lipinski definition) is 0. The second-order valence-electron chi connectivity index (χ2n) is 14.1. The van der Waals surface area contributed by atoms with E-state index in [0.29, 0.717) is 0 Å². The van der Waals surface area contributed by atoms with Gasteiger partial charge in [0.1, 0.15) is 16.7 Å². The third-order valence-electron chi connectivity index (χ3n) is 11.0. The molecular formula is C50H29NO2S. The third-order valence-corrected chi connectivity index (χ3v) is 12.2. The zero-order valence-corrected chi connectivity index (χ0v) is 29.7. The molecular weight excluding hydrogens is 679 g/mol. The van der Waals surface area contributed by atoms with Crippen molar-refractivity contribution in [2.24, 2.45) is 0 Å². The van der Waals surface area contributed by atoms with Gasteiger partial charge in [-0.25, -0.2) is 0 Å². The zero-order valence-electron chi connectivity index (χ0n) is 28.9. The number of thiophene rings is 1. The van der Waals surface area contributed by atoms with Crippen molar-refractivity contribution < 1.29 is 8.83 Å². The molecule has 0 spiro atoms. The van der Waals surface area contributed by atoms with Crippen LogP contribution < -0.4 is 4.90 Å². The van der Waals surface area contributed by atoms with E-state index in [2.05, 4.69) is 169 Å². The summed E-state index contributed by atoms with van der Waals surface area (Å²) in [5.41, 5.74) is 9.12. The molecule has 3 nitrogen and oxygen atoms in total. The normalized spacial score (nSPS) is 12.1. The minimum absolute atomic E-state index is 0.868. The van der Waals surface area contributed by atoms with E-state index in [1.165, 1.54) is 52.8 Å². The standard InChI is InChI=1S/C50H29NO2S/c1-2-10-33-28-34(17-16-30(33)8-1)31-18-21-35(22-19-31)51(42-14-7-13-39-38-12-5-6-15-43(38)52-50(39)42)36-23-25-40-46(29-36)54-45-27-26-44-47(48(40)45)41-24-20-32-9-3-4-11-37(32)49(41)53-44/h1-29H. The molecule has 0 bridgehead atoms. The topological polar surface area (TPSA) is 29.5 Å². The van der Waals surface area contributed by atoms with Crippen LogP contribution in [0.2, 0.25) is 0 Å². The zero-order chi connectivity index (χ0) is 35.3. The van der Waals surface area contributed by atoms with Gasteiger partial charge in [0.25, 0.3) is 0 Å². The monoisotopic (exact) mass is 707 g/mol. The first-order valence-electron chi connectivity index (χ1n) is 18.2. The maximum absolute atomic E-state index is 6.64. The maximum Gasteiger partial charge on any atom is 0.159 e. The highest BCUT2D eigenvalue weighted by Crippen LogP contribution is 2.47. The van der Waals surface area contributed by atoms with Crippen molar-refractivity contribution in [3.05, 3.63) is 176 Å². The molecule has 9 aromatic carbocycles. The van der Waals surface area contributed by atoms with Crippen molar-refractivity contribution in [1.29, 1.82) is 0 Å². The molecule has 0 amide bonds. The van der Waals surface area contributed by atoms with Crippen molar-refractivity contribution in [3.8, 4) is 11.1 Å². The van der Waals surface area contributed by atoms with Crippen LogP contribution in [0.15, 0.2) is 185 Å². The molecule has 12 aromatic rings. The number of rotatable bonds is 4. The van der Waals surface area contributed by atoms with Crippen molar-refractivity contribution >= 4 is 114 Å². The minimum Gasteiger partial charge on any atom is -0.455 e. The van der Waals surface area contributed by atoms with Gasteiger partial charge in [-0.1, -0.05) is 115 Å². The van der Waals surface area contributed by atoms with Crippen molar-refractivity contribution in [1.82, 2.24) is 0 Å². The second kappa shape index (κ2) is 11.3. The largest absolute Gasteiger partial charge is 0.455 e. The number of furan rings is 2. The molecule has 12 rings (SSSR count). The van der Waals surface area contributed by atoms with Gasteiger partial charge in [0.2, 0.25) is 0 Å². The molecule has 0 aliphatic rings. The Hall–Kier alpha value is -6.88. The van der Waals surface area contributed by atoms with Gasteiger partial charge in [0, 0.05) is 58.5 Å². The second-order valence-corrected chi connectivity index (χ2v) is 15.1. The van der Waals surface area contributed by atoms with E-state index in [1.807, 2.05) is 23.5 Å². The SMILES string of the molecule is c1ccc2cc(-c3ccc(N(c4ccc5c(c4)sc4ccc6oc7c8ccccc8ccc7c6c45)c4cccc5c4oc4ccccc45)cc3)ccc2c1. The number of para-hydroxylation sites is 2. The van der Waals surface area contributed by atoms with E-state index in [4.69, 9.17) is 8.83 Å². The summed E-state index contributed by atoms with van der Waals surface area (Å²) in [6.45, 7) is 0. The molecule has 0 fully saturated rings. The Labute approximate surface area is 313 Å². The van der Waals surface area contributed by atoms with Crippen LogP contribution in [0.1, 0.15) is 0 Å². The van der Waals surface area contributed by atoms with Gasteiger partial charge in [0.15, 0.2) is 5.58 Å². The van der Waals surface area contributed by atoms with E-state index in [9.17, 15) is 0 Å². The first kappa shape index (κ1) is 29.7. The molecule has 0 N–H and O–H groups in total.